The van der Waals surface area contributed by atoms with E-state index < -0.39 is 0 Å². The first-order valence-electron chi connectivity index (χ1n) is 5.96. The average Bonchev–Trinajstić information content (AvgIpc) is 2.80. The van der Waals surface area contributed by atoms with Crippen LogP contribution in [0.3, 0.4) is 0 Å². The minimum Gasteiger partial charge on any atom is -0.358 e. The van der Waals surface area contributed by atoms with E-state index in [-0.39, 0.29) is 0 Å². The molecule has 2 nitrogen and oxygen atoms in total. The lowest BCUT2D eigenvalue weighted by molar-refractivity contribution is 0.112. The zero-order chi connectivity index (χ0) is 12.4. The molecule has 0 atom stereocenters. The fraction of sp³-hybridized carbons (Fsp3) is 0.0625. The van der Waals surface area contributed by atoms with Crippen molar-refractivity contribution in [2.24, 2.45) is 0 Å². The number of carbonyl (C=O) groups is 1. The molecule has 0 fully saturated rings. The van der Waals surface area contributed by atoms with E-state index in [9.17, 15) is 4.79 Å². The van der Waals surface area contributed by atoms with Crippen LogP contribution >= 0.6 is 0 Å². The molecule has 18 heavy (non-hydrogen) atoms. The summed E-state index contributed by atoms with van der Waals surface area (Å²) in [4.78, 5) is 14.1. The predicted molar refractivity (Wildman–Crippen MR) is 72.9 cm³/mol. The Labute approximate surface area is 105 Å². The standard InChI is InChI=1S/C16H13NO/c18-11-13-6-7-16-14(8-13)10-15(17-16)9-12-4-2-1-3-5-12/h1-8,10-11,17H,9H2. The van der Waals surface area contributed by atoms with Gasteiger partial charge in [0.1, 0.15) is 6.29 Å². The number of aromatic nitrogens is 1. The monoisotopic (exact) mass is 235 g/mol. The summed E-state index contributed by atoms with van der Waals surface area (Å²) in [6.45, 7) is 0. The molecule has 1 N–H and O–H groups in total. The van der Waals surface area contributed by atoms with Crippen LogP contribution in [0.15, 0.2) is 54.6 Å². The van der Waals surface area contributed by atoms with Crippen LogP contribution in [0.25, 0.3) is 10.9 Å². The van der Waals surface area contributed by atoms with Crippen LogP contribution in [0.5, 0.6) is 0 Å². The molecular formula is C16H13NO. The van der Waals surface area contributed by atoms with Gasteiger partial charge < -0.3 is 4.98 Å². The summed E-state index contributed by atoms with van der Waals surface area (Å²) in [6.07, 6.45) is 1.76. The third-order valence-electron chi connectivity index (χ3n) is 3.07. The molecule has 2 heteroatoms. The molecule has 0 bridgehead atoms. The fourth-order valence-corrected chi connectivity index (χ4v) is 2.20. The molecule has 0 spiro atoms. The molecular weight excluding hydrogens is 222 g/mol. The number of fused-ring (bicyclic) bond motifs is 1. The normalized spacial score (nSPS) is 10.7. The van der Waals surface area contributed by atoms with E-state index in [1.807, 2.05) is 36.4 Å². The van der Waals surface area contributed by atoms with Gasteiger partial charge in [-0.1, -0.05) is 30.3 Å². The highest BCUT2D eigenvalue weighted by atomic mass is 16.1. The molecule has 0 radical (unpaired) electrons. The van der Waals surface area contributed by atoms with E-state index >= 15 is 0 Å². The van der Waals surface area contributed by atoms with Crippen molar-refractivity contribution in [2.45, 2.75) is 6.42 Å². The quantitative estimate of drug-likeness (QED) is 0.692. The van der Waals surface area contributed by atoms with Gasteiger partial charge >= 0.3 is 0 Å². The van der Waals surface area contributed by atoms with Crippen molar-refractivity contribution in [3.8, 4) is 0 Å². The second-order valence-electron chi connectivity index (χ2n) is 4.42. The highest BCUT2D eigenvalue weighted by Crippen LogP contribution is 2.18. The summed E-state index contributed by atoms with van der Waals surface area (Å²) in [5, 5.41) is 1.09. The molecule has 2 aromatic carbocycles. The predicted octanol–water partition coefficient (Wildman–Crippen LogP) is 3.57. The number of benzene rings is 2. The Hall–Kier alpha value is -2.35. The molecule has 1 aromatic heterocycles. The third-order valence-corrected chi connectivity index (χ3v) is 3.07. The average molecular weight is 235 g/mol. The van der Waals surface area contributed by atoms with Gasteiger partial charge in [0, 0.05) is 28.6 Å². The molecule has 0 amide bonds. The molecule has 1 heterocycles. The van der Waals surface area contributed by atoms with Gasteiger partial charge in [0.2, 0.25) is 0 Å². The highest BCUT2D eigenvalue weighted by molar-refractivity contribution is 5.87. The van der Waals surface area contributed by atoms with E-state index in [0.717, 1.165) is 23.6 Å². The molecule has 0 saturated heterocycles. The first-order valence-corrected chi connectivity index (χ1v) is 5.96. The molecule has 3 aromatic rings. The number of aromatic amines is 1. The van der Waals surface area contributed by atoms with E-state index in [4.69, 9.17) is 0 Å². The minimum absolute atomic E-state index is 0.716. The zero-order valence-corrected chi connectivity index (χ0v) is 9.89. The van der Waals surface area contributed by atoms with Gasteiger partial charge in [0.25, 0.3) is 0 Å². The Morgan fingerprint density at radius 2 is 1.83 bits per heavy atom. The SMILES string of the molecule is O=Cc1ccc2[nH]c(Cc3ccccc3)cc2c1. The lowest BCUT2D eigenvalue weighted by atomic mass is 10.1. The topological polar surface area (TPSA) is 32.9 Å². The number of hydrogen-bond donors (Lipinski definition) is 1. The number of hydrogen-bond acceptors (Lipinski definition) is 1. The minimum atomic E-state index is 0.716. The highest BCUT2D eigenvalue weighted by Gasteiger charge is 2.02. The summed E-state index contributed by atoms with van der Waals surface area (Å²) in [5.41, 5.74) is 4.23. The Morgan fingerprint density at radius 3 is 2.61 bits per heavy atom. The van der Waals surface area contributed by atoms with Crippen LogP contribution in [0, 0.1) is 0 Å². The van der Waals surface area contributed by atoms with Crippen LogP contribution < -0.4 is 0 Å². The summed E-state index contributed by atoms with van der Waals surface area (Å²) in [6, 6.07) is 18.1. The molecule has 0 unspecified atom stereocenters. The van der Waals surface area contributed by atoms with Gasteiger partial charge in [-0.05, 0) is 29.8 Å². The summed E-state index contributed by atoms with van der Waals surface area (Å²) < 4.78 is 0. The van der Waals surface area contributed by atoms with Crippen LogP contribution in [-0.4, -0.2) is 11.3 Å². The number of nitrogens with one attached hydrogen (secondary N) is 1. The van der Waals surface area contributed by atoms with Crippen LogP contribution in [0.4, 0.5) is 0 Å². The van der Waals surface area contributed by atoms with Crippen molar-refractivity contribution in [2.75, 3.05) is 0 Å². The van der Waals surface area contributed by atoms with Crippen molar-refractivity contribution in [3.63, 3.8) is 0 Å². The second kappa shape index (κ2) is 4.49. The second-order valence-corrected chi connectivity index (χ2v) is 4.42. The Balaban J connectivity index is 1.96. The summed E-state index contributed by atoms with van der Waals surface area (Å²) in [5.74, 6) is 0. The maximum absolute atomic E-state index is 10.7. The lowest BCUT2D eigenvalue weighted by Crippen LogP contribution is -1.86. The summed E-state index contributed by atoms with van der Waals surface area (Å²) in [7, 11) is 0. The van der Waals surface area contributed by atoms with E-state index in [0.29, 0.717) is 5.56 Å². The van der Waals surface area contributed by atoms with Gasteiger partial charge in [-0.15, -0.1) is 0 Å². The number of rotatable bonds is 3. The van der Waals surface area contributed by atoms with E-state index in [2.05, 4.69) is 23.2 Å². The largest absolute Gasteiger partial charge is 0.358 e. The van der Waals surface area contributed by atoms with Crippen molar-refractivity contribution < 1.29 is 4.79 Å². The molecule has 0 aliphatic heterocycles. The van der Waals surface area contributed by atoms with Crippen LogP contribution in [0.1, 0.15) is 21.6 Å². The van der Waals surface area contributed by atoms with Crippen LogP contribution in [0.2, 0.25) is 0 Å². The van der Waals surface area contributed by atoms with Crippen molar-refractivity contribution in [1.82, 2.24) is 4.98 Å². The van der Waals surface area contributed by atoms with Gasteiger partial charge in [0.15, 0.2) is 0 Å². The smallest absolute Gasteiger partial charge is 0.150 e. The maximum Gasteiger partial charge on any atom is 0.150 e. The first kappa shape index (κ1) is 10.8. The van der Waals surface area contributed by atoms with Gasteiger partial charge in [-0.2, -0.15) is 0 Å². The van der Waals surface area contributed by atoms with Crippen LogP contribution in [-0.2, 0) is 6.42 Å². The number of carbonyl (C=O) groups excluding carboxylic acids is 1. The van der Waals surface area contributed by atoms with E-state index in [1.54, 1.807) is 0 Å². The molecule has 0 aliphatic carbocycles. The Kier molecular flexibility index (Phi) is 2.69. The zero-order valence-electron chi connectivity index (χ0n) is 9.89. The van der Waals surface area contributed by atoms with E-state index in [1.165, 1.54) is 11.3 Å². The molecule has 0 saturated carbocycles. The van der Waals surface area contributed by atoms with Gasteiger partial charge in [-0.3, -0.25) is 4.79 Å². The lowest BCUT2D eigenvalue weighted by Gasteiger charge is -1.97. The number of H-pyrrole nitrogens is 1. The van der Waals surface area contributed by atoms with Gasteiger partial charge in [-0.25, -0.2) is 0 Å². The molecule has 3 rings (SSSR count). The van der Waals surface area contributed by atoms with Crippen molar-refractivity contribution in [3.05, 3.63) is 71.4 Å². The maximum atomic E-state index is 10.7. The Bertz CT molecular complexity index is 683. The molecule has 0 aliphatic rings. The third kappa shape index (κ3) is 2.05. The molecule has 88 valence electrons. The van der Waals surface area contributed by atoms with Crippen molar-refractivity contribution in [1.29, 1.82) is 0 Å². The number of aldehydes is 1. The first-order chi connectivity index (χ1) is 8.85. The van der Waals surface area contributed by atoms with Crippen molar-refractivity contribution >= 4 is 17.2 Å². The fourth-order valence-electron chi connectivity index (χ4n) is 2.20. The summed E-state index contributed by atoms with van der Waals surface area (Å²) >= 11 is 0. The Morgan fingerprint density at radius 1 is 1.00 bits per heavy atom. The van der Waals surface area contributed by atoms with Gasteiger partial charge in [0.05, 0.1) is 0 Å².